The lowest BCUT2D eigenvalue weighted by Gasteiger charge is -2.35. The van der Waals surface area contributed by atoms with Crippen LogP contribution in [0.2, 0.25) is 0 Å². The van der Waals surface area contributed by atoms with Crippen LogP contribution < -0.4 is 5.32 Å². The summed E-state index contributed by atoms with van der Waals surface area (Å²) in [7, 11) is 0. The minimum absolute atomic E-state index is 0.632. The predicted molar refractivity (Wildman–Crippen MR) is 83.6 cm³/mol. The first-order valence-electron chi connectivity index (χ1n) is 8.14. The molecule has 0 saturated heterocycles. The highest BCUT2D eigenvalue weighted by Crippen LogP contribution is 2.39. The zero-order valence-corrected chi connectivity index (χ0v) is 12.9. The molecule has 3 unspecified atom stereocenters. The van der Waals surface area contributed by atoms with E-state index in [2.05, 4.69) is 29.8 Å². The monoisotopic (exact) mass is 277 g/mol. The van der Waals surface area contributed by atoms with Gasteiger partial charge in [-0.3, -0.25) is 0 Å². The van der Waals surface area contributed by atoms with Gasteiger partial charge in [0, 0.05) is 17.0 Å². The summed E-state index contributed by atoms with van der Waals surface area (Å²) >= 11 is 1.95. The molecule has 0 aliphatic heterocycles. The Morgan fingerprint density at radius 3 is 2.53 bits per heavy atom. The van der Waals surface area contributed by atoms with E-state index in [1.54, 1.807) is 4.88 Å². The quantitative estimate of drug-likeness (QED) is 0.802. The molecule has 0 aromatic carbocycles. The number of rotatable bonds is 4. The van der Waals surface area contributed by atoms with Gasteiger partial charge in [0.05, 0.1) is 0 Å². The molecular weight excluding hydrogens is 250 g/mol. The summed E-state index contributed by atoms with van der Waals surface area (Å²) < 4.78 is 0. The van der Waals surface area contributed by atoms with Crippen LogP contribution in [0.25, 0.3) is 0 Å². The molecule has 2 saturated carbocycles. The Bertz CT molecular complexity index is 367. The maximum absolute atomic E-state index is 4.06. The number of nitrogens with one attached hydrogen (secondary N) is 1. The van der Waals surface area contributed by atoms with Gasteiger partial charge in [-0.1, -0.05) is 38.7 Å². The summed E-state index contributed by atoms with van der Waals surface area (Å²) in [5.41, 5.74) is 0. The van der Waals surface area contributed by atoms with E-state index in [0.717, 1.165) is 17.9 Å². The van der Waals surface area contributed by atoms with Gasteiger partial charge in [-0.25, -0.2) is 0 Å². The van der Waals surface area contributed by atoms with Crippen LogP contribution in [0.4, 0.5) is 0 Å². The molecule has 3 rings (SSSR count). The van der Waals surface area contributed by atoms with E-state index in [9.17, 15) is 0 Å². The summed E-state index contributed by atoms with van der Waals surface area (Å²) in [4.78, 5) is 1.57. The Morgan fingerprint density at radius 1 is 1.11 bits per heavy atom. The van der Waals surface area contributed by atoms with E-state index in [4.69, 9.17) is 0 Å². The summed E-state index contributed by atoms with van der Waals surface area (Å²) in [6.07, 6.45) is 11.4. The fraction of sp³-hybridized carbons (Fsp3) is 0.765. The van der Waals surface area contributed by atoms with Crippen LogP contribution in [-0.4, -0.2) is 6.04 Å². The largest absolute Gasteiger partial charge is 0.306 e. The Hall–Kier alpha value is -0.340. The molecule has 1 aromatic heterocycles. The third-order valence-corrected chi connectivity index (χ3v) is 6.18. The lowest BCUT2D eigenvalue weighted by Crippen LogP contribution is -2.41. The van der Waals surface area contributed by atoms with Gasteiger partial charge >= 0.3 is 0 Å². The van der Waals surface area contributed by atoms with Gasteiger partial charge in [-0.15, -0.1) is 11.3 Å². The smallest absolute Gasteiger partial charge is 0.0445 e. The van der Waals surface area contributed by atoms with Gasteiger partial charge in [-0.05, 0) is 49.0 Å². The molecule has 1 N–H and O–H groups in total. The van der Waals surface area contributed by atoms with Crippen LogP contribution >= 0.6 is 11.3 Å². The number of hydrogen-bond acceptors (Lipinski definition) is 2. The molecule has 3 atom stereocenters. The van der Waals surface area contributed by atoms with E-state index < -0.39 is 0 Å². The van der Waals surface area contributed by atoms with Crippen molar-refractivity contribution < 1.29 is 0 Å². The summed E-state index contributed by atoms with van der Waals surface area (Å²) in [5.74, 6) is 1.74. The summed E-state index contributed by atoms with van der Waals surface area (Å²) in [6, 6.07) is 5.94. The molecule has 2 aliphatic carbocycles. The molecule has 106 valence electrons. The molecule has 19 heavy (non-hydrogen) atoms. The highest BCUT2D eigenvalue weighted by molar-refractivity contribution is 7.10. The lowest BCUT2D eigenvalue weighted by molar-refractivity contribution is 0.230. The fourth-order valence-electron chi connectivity index (χ4n) is 4.00. The molecule has 1 aromatic rings. The maximum Gasteiger partial charge on any atom is 0.0445 e. The van der Waals surface area contributed by atoms with Crippen molar-refractivity contribution in [3.63, 3.8) is 0 Å². The van der Waals surface area contributed by atoms with Crippen molar-refractivity contribution in [3.05, 3.63) is 22.4 Å². The average molecular weight is 277 g/mol. The van der Waals surface area contributed by atoms with Crippen LogP contribution in [0.3, 0.4) is 0 Å². The summed E-state index contributed by atoms with van der Waals surface area (Å²) in [6.45, 7) is 2.44. The van der Waals surface area contributed by atoms with E-state index in [1.807, 2.05) is 11.3 Å². The van der Waals surface area contributed by atoms with E-state index in [1.165, 1.54) is 51.4 Å². The third kappa shape index (κ3) is 3.22. The molecule has 2 fully saturated rings. The Balaban J connectivity index is 1.71. The molecule has 0 amide bonds. The Morgan fingerprint density at radius 2 is 1.84 bits per heavy atom. The highest BCUT2D eigenvalue weighted by Gasteiger charge is 2.31. The first-order valence-corrected chi connectivity index (χ1v) is 9.02. The molecule has 0 spiro atoms. The van der Waals surface area contributed by atoms with Crippen molar-refractivity contribution in [1.29, 1.82) is 0 Å². The van der Waals surface area contributed by atoms with Gasteiger partial charge in [0.2, 0.25) is 0 Å². The number of thiophene rings is 1. The van der Waals surface area contributed by atoms with Gasteiger partial charge < -0.3 is 5.32 Å². The van der Waals surface area contributed by atoms with Crippen molar-refractivity contribution in [3.8, 4) is 0 Å². The van der Waals surface area contributed by atoms with Crippen molar-refractivity contribution in [2.45, 2.75) is 70.4 Å². The van der Waals surface area contributed by atoms with Crippen molar-refractivity contribution in [2.24, 2.45) is 11.8 Å². The fourth-order valence-corrected chi connectivity index (χ4v) is 4.88. The van der Waals surface area contributed by atoms with Gasteiger partial charge in [0.1, 0.15) is 0 Å². The van der Waals surface area contributed by atoms with Gasteiger partial charge in [0.25, 0.3) is 0 Å². The van der Waals surface area contributed by atoms with Crippen LogP contribution in [0.15, 0.2) is 17.5 Å². The first kappa shape index (κ1) is 13.6. The molecule has 0 radical (unpaired) electrons. The Labute approximate surface area is 121 Å². The SMILES string of the molecule is CC1CCCCC1NC(c1cccs1)C1CCCC1. The first-order chi connectivity index (χ1) is 9.34. The van der Waals surface area contributed by atoms with Crippen molar-refractivity contribution in [1.82, 2.24) is 5.32 Å². The highest BCUT2D eigenvalue weighted by atomic mass is 32.1. The van der Waals surface area contributed by atoms with Crippen molar-refractivity contribution in [2.75, 3.05) is 0 Å². The molecular formula is C17H27NS. The van der Waals surface area contributed by atoms with Crippen LogP contribution in [-0.2, 0) is 0 Å². The predicted octanol–water partition coefficient (Wildman–Crippen LogP) is 5.15. The van der Waals surface area contributed by atoms with Gasteiger partial charge in [0.15, 0.2) is 0 Å². The third-order valence-electron chi connectivity index (χ3n) is 5.23. The van der Waals surface area contributed by atoms with Crippen molar-refractivity contribution >= 4 is 11.3 Å². The van der Waals surface area contributed by atoms with E-state index >= 15 is 0 Å². The second-order valence-electron chi connectivity index (χ2n) is 6.57. The number of hydrogen-bond donors (Lipinski definition) is 1. The minimum Gasteiger partial charge on any atom is -0.306 e. The van der Waals surface area contributed by atoms with Crippen LogP contribution in [0.5, 0.6) is 0 Å². The zero-order valence-electron chi connectivity index (χ0n) is 12.1. The Kier molecular flexibility index (Phi) is 4.60. The zero-order chi connectivity index (χ0) is 13.1. The maximum atomic E-state index is 4.06. The molecule has 2 aliphatic rings. The molecule has 1 heterocycles. The standard InChI is InChI=1S/C17H27NS/c1-13-7-2-5-10-15(13)18-17(14-8-3-4-9-14)16-11-6-12-19-16/h6,11-15,17-18H,2-5,7-10H2,1H3. The second-order valence-corrected chi connectivity index (χ2v) is 7.55. The lowest BCUT2D eigenvalue weighted by atomic mass is 9.84. The minimum atomic E-state index is 0.632. The van der Waals surface area contributed by atoms with E-state index in [-0.39, 0.29) is 0 Å². The second kappa shape index (κ2) is 6.41. The van der Waals surface area contributed by atoms with Crippen LogP contribution in [0.1, 0.15) is 69.2 Å². The van der Waals surface area contributed by atoms with E-state index in [0.29, 0.717) is 6.04 Å². The summed E-state index contributed by atoms with van der Waals surface area (Å²) in [5, 5.41) is 6.30. The van der Waals surface area contributed by atoms with Crippen LogP contribution in [0, 0.1) is 11.8 Å². The topological polar surface area (TPSA) is 12.0 Å². The molecule has 1 nitrogen and oxygen atoms in total. The molecule has 0 bridgehead atoms. The molecule has 2 heteroatoms. The normalized spacial score (nSPS) is 30.6. The average Bonchev–Trinajstić information content (AvgIpc) is 3.11. The van der Waals surface area contributed by atoms with Gasteiger partial charge in [-0.2, -0.15) is 0 Å².